The van der Waals surface area contributed by atoms with Gasteiger partial charge in [-0.1, -0.05) is 24.3 Å². The van der Waals surface area contributed by atoms with Gasteiger partial charge >= 0.3 is 5.97 Å². The molecule has 120 valence electrons. The van der Waals surface area contributed by atoms with Crippen LogP contribution in [0.1, 0.15) is 17.3 Å². The Labute approximate surface area is 128 Å². The fraction of sp³-hybridized carbons (Fsp3) is 0.438. The largest absolute Gasteiger partial charge is 0.452 e. The van der Waals surface area contributed by atoms with Crippen molar-refractivity contribution in [2.24, 2.45) is 0 Å². The summed E-state index contributed by atoms with van der Waals surface area (Å²) < 4.78 is 15.8. The number of esters is 1. The molecule has 22 heavy (non-hydrogen) atoms. The van der Waals surface area contributed by atoms with Crippen molar-refractivity contribution in [3.63, 3.8) is 0 Å². The summed E-state index contributed by atoms with van der Waals surface area (Å²) in [6.07, 6.45) is -1.81. The van der Waals surface area contributed by atoms with Crippen LogP contribution in [0.25, 0.3) is 0 Å². The van der Waals surface area contributed by atoms with Crippen LogP contribution in [-0.4, -0.2) is 54.0 Å². The van der Waals surface area contributed by atoms with Gasteiger partial charge in [-0.25, -0.2) is 4.79 Å². The van der Waals surface area contributed by atoms with Crippen molar-refractivity contribution >= 4 is 5.97 Å². The number of allylic oxidation sites excluding steroid dienone is 1. The third-order valence-corrected chi connectivity index (χ3v) is 3.45. The maximum atomic E-state index is 12.1. The summed E-state index contributed by atoms with van der Waals surface area (Å²) in [5.41, 5.74) is 0.397. The number of methoxy groups -OCH3 is 1. The Bertz CT molecular complexity index is 515. The van der Waals surface area contributed by atoms with Crippen LogP contribution in [0.2, 0.25) is 0 Å². The first kappa shape index (κ1) is 16.6. The summed E-state index contributed by atoms with van der Waals surface area (Å²) in [6.45, 7) is 1.76. The molecule has 0 unspecified atom stereocenters. The van der Waals surface area contributed by atoms with Crippen LogP contribution in [0.5, 0.6) is 0 Å². The van der Waals surface area contributed by atoms with Gasteiger partial charge in [0.1, 0.15) is 24.4 Å². The zero-order valence-corrected chi connectivity index (χ0v) is 12.5. The highest BCUT2D eigenvalue weighted by Crippen LogP contribution is 2.26. The Morgan fingerprint density at radius 1 is 1.27 bits per heavy atom. The molecule has 6 heteroatoms. The first-order valence-corrected chi connectivity index (χ1v) is 7.01. The summed E-state index contributed by atoms with van der Waals surface area (Å²) in [5.74, 6) is -0.533. The molecule has 0 saturated carbocycles. The van der Waals surface area contributed by atoms with Gasteiger partial charge in [0.25, 0.3) is 0 Å². The molecule has 2 rings (SSSR count). The fourth-order valence-corrected chi connectivity index (χ4v) is 2.31. The number of rotatable bonds is 5. The molecule has 2 N–H and O–H groups in total. The SMILES string of the molecule is CC=C[C@@H](OC(=O)c1ccccc1)[C@H]1O[C@H](OC)[C@H](O)[C@@H]1O. The Balaban J connectivity index is 2.12. The molecule has 1 aliphatic rings. The lowest BCUT2D eigenvalue weighted by atomic mass is 10.1. The van der Waals surface area contributed by atoms with Crippen molar-refractivity contribution in [1.82, 2.24) is 0 Å². The highest BCUT2D eigenvalue weighted by molar-refractivity contribution is 5.89. The molecule has 0 bridgehead atoms. The molecule has 1 fully saturated rings. The third-order valence-electron chi connectivity index (χ3n) is 3.45. The molecule has 1 aromatic rings. The van der Waals surface area contributed by atoms with E-state index in [0.29, 0.717) is 5.56 Å². The quantitative estimate of drug-likeness (QED) is 0.620. The van der Waals surface area contributed by atoms with Crippen LogP contribution in [-0.2, 0) is 14.2 Å². The van der Waals surface area contributed by atoms with E-state index in [1.165, 1.54) is 7.11 Å². The molecule has 1 aromatic carbocycles. The van der Waals surface area contributed by atoms with Crippen LogP contribution < -0.4 is 0 Å². The van der Waals surface area contributed by atoms with Crippen LogP contribution in [0.4, 0.5) is 0 Å². The average molecular weight is 308 g/mol. The molecule has 1 heterocycles. The molecule has 1 aliphatic heterocycles. The molecule has 5 atom stereocenters. The lowest BCUT2D eigenvalue weighted by molar-refractivity contribution is -0.159. The van der Waals surface area contributed by atoms with Crippen LogP contribution in [0.3, 0.4) is 0 Å². The van der Waals surface area contributed by atoms with E-state index < -0.39 is 36.7 Å². The maximum Gasteiger partial charge on any atom is 0.338 e. The van der Waals surface area contributed by atoms with Gasteiger partial charge in [0.15, 0.2) is 6.29 Å². The van der Waals surface area contributed by atoms with Gasteiger partial charge in [-0.2, -0.15) is 0 Å². The zero-order chi connectivity index (χ0) is 16.1. The second kappa shape index (κ2) is 7.51. The minimum Gasteiger partial charge on any atom is -0.452 e. The minimum absolute atomic E-state index is 0.397. The molecule has 0 aromatic heterocycles. The predicted molar refractivity (Wildman–Crippen MR) is 78.1 cm³/mol. The van der Waals surface area contributed by atoms with Crippen molar-refractivity contribution in [3.8, 4) is 0 Å². The van der Waals surface area contributed by atoms with E-state index in [1.54, 1.807) is 49.4 Å². The molecule has 0 amide bonds. The zero-order valence-electron chi connectivity index (χ0n) is 12.5. The Hall–Kier alpha value is -1.73. The smallest absolute Gasteiger partial charge is 0.338 e. The van der Waals surface area contributed by atoms with Crippen LogP contribution >= 0.6 is 0 Å². The van der Waals surface area contributed by atoms with Gasteiger partial charge in [-0.3, -0.25) is 0 Å². The van der Waals surface area contributed by atoms with Gasteiger partial charge in [-0.05, 0) is 25.1 Å². The summed E-state index contributed by atoms with van der Waals surface area (Å²) in [7, 11) is 1.36. The minimum atomic E-state index is -1.21. The summed E-state index contributed by atoms with van der Waals surface area (Å²) in [4.78, 5) is 12.1. The molecule has 0 spiro atoms. The lowest BCUT2D eigenvalue weighted by Crippen LogP contribution is -2.40. The Kier molecular flexibility index (Phi) is 5.68. The van der Waals surface area contributed by atoms with E-state index in [0.717, 1.165) is 0 Å². The molecule has 0 radical (unpaired) electrons. The Morgan fingerprint density at radius 2 is 1.95 bits per heavy atom. The molecule has 6 nitrogen and oxygen atoms in total. The number of carbonyl (C=O) groups is 1. The average Bonchev–Trinajstić information content (AvgIpc) is 2.83. The van der Waals surface area contributed by atoms with Crippen molar-refractivity contribution in [2.45, 2.75) is 37.6 Å². The second-order valence-corrected chi connectivity index (χ2v) is 4.95. The van der Waals surface area contributed by atoms with Crippen molar-refractivity contribution in [2.75, 3.05) is 7.11 Å². The summed E-state index contributed by atoms with van der Waals surface area (Å²) >= 11 is 0. The number of ether oxygens (including phenoxy) is 3. The van der Waals surface area contributed by atoms with E-state index in [4.69, 9.17) is 14.2 Å². The summed E-state index contributed by atoms with van der Waals surface area (Å²) in [6, 6.07) is 8.52. The van der Waals surface area contributed by atoms with Crippen molar-refractivity contribution in [3.05, 3.63) is 48.0 Å². The Morgan fingerprint density at radius 3 is 2.50 bits per heavy atom. The molecule has 1 saturated heterocycles. The first-order valence-electron chi connectivity index (χ1n) is 7.01. The van der Waals surface area contributed by atoms with Gasteiger partial charge < -0.3 is 24.4 Å². The van der Waals surface area contributed by atoms with Gasteiger partial charge in [-0.15, -0.1) is 0 Å². The molecule has 0 aliphatic carbocycles. The lowest BCUT2D eigenvalue weighted by Gasteiger charge is -2.23. The highest BCUT2D eigenvalue weighted by atomic mass is 16.7. The second-order valence-electron chi connectivity index (χ2n) is 4.95. The van der Waals surface area contributed by atoms with E-state index in [9.17, 15) is 15.0 Å². The number of hydrogen-bond donors (Lipinski definition) is 2. The van der Waals surface area contributed by atoms with Crippen molar-refractivity contribution < 1.29 is 29.2 Å². The predicted octanol–water partition coefficient (Wildman–Crippen LogP) is 0.881. The number of aliphatic hydroxyl groups is 2. The van der Waals surface area contributed by atoms with Crippen molar-refractivity contribution in [1.29, 1.82) is 0 Å². The standard InChI is InChI=1S/C16H20O6/c1-3-7-11(14-12(17)13(18)16(20-2)22-14)21-15(19)10-8-5-4-6-9-10/h3-9,11-14,16-18H,1-2H3/t11-,12+,13-,14-,16+/m1/s1. The normalized spacial score (nSPS) is 29.6. The van der Waals surface area contributed by atoms with Gasteiger partial charge in [0.2, 0.25) is 0 Å². The number of carbonyl (C=O) groups excluding carboxylic acids is 1. The number of hydrogen-bond acceptors (Lipinski definition) is 6. The monoisotopic (exact) mass is 308 g/mol. The maximum absolute atomic E-state index is 12.1. The van der Waals surface area contributed by atoms with E-state index in [-0.39, 0.29) is 0 Å². The summed E-state index contributed by atoms with van der Waals surface area (Å²) in [5, 5.41) is 19.9. The van der Waals surface area contributed by atoms with Crippen LogP contribution in [0.15, 0.2) is 42.5 Å². The number of benzene rings is 1. The van der Waals surface area contributed by atoms with E-state index in [1.807, 2.05) is 0 Å². The fourth-order valence-electron chi connectivity index (χ4n) is 2.31. The third kappa shape index (κ3) is 3.53. The van der Waals surface area contributed by atoms with E-state index in [2.05, 4.69) is 0 Å². The van der Waals surface area contributed by atoms with E-state index >= 15 is 0 Å². The molecular formula is C16H20O6. The highest BCUT2D eigenvalue weighted by Gasteiger charge is 2.47. The van der Waals surface area contributed by atoms with Gasteiger partial charge in [0.05, 0.1) is 5.56 Å². The topological polar surface area (TPSA) is 85.2 Å². The first-order chi connectivity index (χ1) is 10.6. The molecular weight excluding hydrogens is 288 g/mol. The van der Waals surface area contributed by atoms with Crippen LogP contribution in [0, 0.1) is 0 Å². The number of aliphatic hydroxyl groups excluding tert-OH is 2. The van der Waals surface area contributed by atoms with Gasteiger partial charge in [0, 0.05) is 7.11 Å².